The second kappa shape index (κ2) is 4.78. The molecule has 0 saturated carbocycles. The molecule has 0 spiro atoms. The molecule has 0 aliphatic carbocycles. The van der Waals surface area contributed by atoms with Crippen molar-refractivity contribution in [2.45, 2.75) is 19.8 Å². The van der Waals surface area contributed by atoms with Gasteiger partial charge in [0.15, 0.2) is 0 Å². The number of rotatable bonds is 1. The van der Waals surface area contributed by atoms with Crippen molar-refractivity contribution in [1.82, 2.24) is 14.4 Å². The fourth-order valence-electron chi connectivity index (χ4n) is 1.23. The standard InChI is InChI=1S/C9H10N3.Rb/c1-7(2)8-5-11-9-3-4-10-6-12(8)9;/h3,5-7H,1-2H3;/q-1;+1. The maximum atomic E-state index is 4.23. The summed E-state index contributed by atoms with van der Waals surface area (Å²) < 4.78 is 1.99. The molecule has 3 nitrogen and oxygen atoms in total. The molecule has 0 bridgehead atoms. The van der Waals surface area contributed by atoms with Crippen LogP contribution in [0, 0.1) is 6.20 Å². The average Bonchev–Trinajstić information content (AvgIpc) is 2.47. The Bertz CT molecular complexity index is 394. The molecule has 13 heavy (non-hydrogen) atoms. The van der Waals surface area contributed by atoms with Crippen LogP contribution in [0.3, 0.4) is 0 Å². The van der Waals surface area contributed by atoms with E-state index in [4.69, 9.17) is 0 Å². The molecule has 0 N–H and O–H groups in total. The Balaban J connectivity index is 0.000000845. The van der Waals surface area contributed by atoms with E-state index in [2.05, 4.69) is 30.0 Å². The van der Waals surface area contributed by atoms with E-state index in [9.17, 15) is 0 Å². The van der Waals surface area contributed by atoms with Gasteiger partial charge in [-0.05, 0) is 12.2 Å². The van der Waals surface area contributed by atoms with Crippen LogP contribution in [-0.2, 0) is 0 Å². The van der Waals surface area contributed by atoms with Crippen LogP contribution in [0.4, 0.5) is 0 Å². The van der Waals surface area contributed by atoms with Gasteiger partial charge in [0.2, 0.25) is 0 Å². The second-order valence-corrected chi connectivity index (χ2v) is 3.08. The summed E-state index contributed by atoms with van der Waals surface area (Å²) in [7, 11) is 0. The Morgan fingerprint density at radius 1 is 1.46 bits per heavy atom. The maximum absolute atomic E-state index is 4.23. The molecule has 2 aromatic heterocycles. The minimum absolute atomic E-state index is 0. The van der Waals surface area contributed by atoms with Crippen molar-refractivity contribution in [3.63, 3.8) is 0 Å². The molecule has 0 aromatic carbocycles. The van der Waals surface area contributed by atoms with Gasteiger partial charge >= 0.3 is 58.2 Å². The molecule has 62 valence electrons. The Labute approximate surface area is 126 Å². The third-order valence-electron chi connectivity index (χ3n) is 1.89. The molecule has 0 aliphatic heterocycles. The van der Waals surface area contributed by atoms with Crippen molar-refractivity contribution in [1.29, 1.82) is 0 Å². The van der Waals surface area contributed by atoms with Crippen LogP contribution in [0.1, 0.15) is 25.5 Å². The summed E-state index contributed by atoms with van der Waals surface area (Å²) in [4.78, 5) is 8.16. The van der Waals surface area contributed by atoms with Gasteiger partial charge in [-0.1, -0.05) is 20.0 Å². The third-order valence-corrected chi connectivity index (χ3v) is 1.89. The first-order valence-electron chi connectivity index (χ1n) is 3.98. The molecule has 0 atom stereocenters. The number of nitrogens with zero attached hydrogens (tertiary/aromatic N) is 3. The monoisotopic (exact) mass is 245 g/mol. The molecule has 0 saturated heterocycles. The minimum atomic E-state index is 0. The van der Waals surface area contributed by atoms with Gasteiger partial charge in [0.25, 0.3) is 0 Å². The van der Waals surface area contributed by atoms with Crippen molar-refractivity contribution in [3.05, 3.63) is 30.5 Å². The zero-order valence-electron chi connectivity index (χ0n) is 8.15. The summed E-state index contributed by atoms with van der Waals surface area (Å²) in [6.45, 7) is 4.28. The van der Waals surface area contributed by atoms with Crippen molar-refractivity contribution in [3.8, 4) is 0 Å². The van der Waals surface area contributed by atoms with Crippen LogP contribution in [0.15, 0.2) is 18.6 Å². The Morgan fingerprint density at radius 3 is 2.92 bits per heavy atom. The van der Waals surface area contributed by atoms with Gasteiger partial charge in [-0.2, -0.15) is 0 Å². The predicted molar refractivity (Wildman–Crippen MR) is 45.9 cm³/mol. The maximum Gasteiger partial charge on any atom is 1.00 e. The SMILES string of the molecule is CC(C)c1cnc2c[c-]ncn12.[Rb+]. The van der Waals surface area contributed by atoms with Crippen LogP contribution in [0.25, 0.3) is 5.65 Å². The topological polar surface area (TPSA) is 30.2 Å². The van der Waals surface area contributed by atoms with Gasteiger partial charge in [-0.3, -0.25) is 0 Å². The number of imidazole rings is 1. The average molecular weight is 246 g/mol. The molecule has 2 aromatic rings. The number of aromatic nitrogens is 3. The van der Waals surface area contributed by atoms with Crippen molar-refractivity contribution >= 4 is 5.65 Å². The quantitative estimate of drug-likeness (QED) is 0.582. The fraction of sp³-hybridized carbons (Fsp3) is 0.333. The molecule has 0 fully saturated rings. The van der Waals surface area contributed by atoms with Gasteiger partial charge in [0, 0.05) is 17.5 Å². The van der Waals surface area contributed by atoms with E-state index < -0.39 is 0 Å². The van der Waals surface area contributed by atoms with Gasteiger partial charge in [-0.25, -0.2) is 0 Å². The Morgan fingerprint density at radius 2 is 2.23 bits per heavy atom. The Kier molecular flexibility index (Phi) is 4.23. The van der Waals surface area contributed by atoms with E-state index in [0.29, 0.717) is 5.92 Å². The number of fused-ring (bicyclic) bond motifs is 1. The van der Waals surface area contributed by atoms with Crippen LogP contribution in [0.2, 0.25) is 0 Å². The number of hydrogen-bond acceptors (Lipinski definition) is 2. The molecular weight excluding hydrogens is 236 g/mol. The molecule has 2 heterocycles. The summed E-state index contributed by atoms with van der Waals surface area (Å²) in [6.07, 6.45) is 6.39. The third kappa shape index (κ3) is 2.26. The molecule has 2 rings (SSSR count). The molecular formula is C9H10N3Rb. The van der Waals surface area contributed by atoms with Crippen molar-refractivity contribution in [2.75, 3.05) is 0 Å². The van der Waals surface area contributed by atoms with E-state index in [-0.39, 0.29) is 58.2 Å². The first-order chi connectivity index (χ1) is 5.79. The minimum Gasteiger partial charge on any atom is -0.396 e. The van der Waals surface area contributed by atoms with Gasteiger partial charge in [0.1, 0.15) is 0 Å². The second-order valence-electron chi connectivity index (χ2n) is 3.08. The molecule has 0 aliphatic rings. The van der Waals surface area contributed by atoms with Crippen LogP contribution in [0.5, 0.6) is 0 Å². The normalized spacial score (nSPS) is 10.4. The molecule has 4 heteroatoms. The smallest absolute Gasteiger partial charge is 0.396 e. The molecule has 0 amide bonds. The predicted octanol–water partition coefficient (Wildman–Crippen LogP) is -1.34. The Hall–Kier alpha value is 0.425. The van der Waals surface area contributed by atoms with Crippen LogP contribution in [-0.4, -0.2) is 14.4 Å². The summed E-state index contributed by atoms with van der Waals surface area (Å²) in [6, 6.07) is 1.78. The van der Waals surface area contributed by atoms with Gasteiger partial charge < -0.3 is 14.4 Å². The first kappa shape index (κ1) is 11.5. The number of hydrogen-bond donors (Lipinski definition) is 0. The van der Waals surface area contributed by atoms with Gasteiger partial charge in [0.05, 0.1) is 0 Å². The summed E-state index contributed by atoms with van der Waals surface area (Å²) in [5.74, 6) is 0.476. The zero-order valence-corrected chi connectivity index (χ0v) is 13.1. The van der Waals surface area contributed by atoms with E-state index in [0.717, 1.165) is 5.65 Å². The summed E-state index contributed by atoms with van der Waals surface area (Å²) in [5, 5.41) is 0. The van der Waals surface area contributed by atoms with Gasteiger partial charge in [-0.15, -0.1) is 6.07 Å². The largest absolute Gasteiger partial charge is 1.00 e. The molecule has 0 radical (unpaired) electrons. The van der Waals surface area contributed by atoms with Crippen molar-refractivity contribution < 1.29 is 58.2 Å². The van der Waals surface area contributed by atoms with E-state index in [1.807, 2.05) is 10.6 Å². The first-order valence-corrected chi connectivity index (χ1v) is 3.98. The van der Waals surface area contributed by atoms with Crippen LogP contribution >= 0.6 is 0 Å². The fourth-order valence-corrected chi connectivity index (χ4v) is 1.23. The van der Waals surface area contributed by atoms with Crippen molar-refractivity contribution in [2.24, 2.45) is 0 Å². The summed E-state index contributed by atoms with van der Waals surface area (Å²) >= 11 is 0. The van der Waals surface area contributed by atoms with E-state index in [1.165, 1.54) is 5.69 Å². The van der Waals surface area contributed by atoms with Crippen LogP contribution < -0.4 is 58.2 Å². The van der Waals surface area contributed by atoms with E-state index in [1.54, 1.807) is 12.4 Å². The zero-order chi connectivity index (χ0) is 8.55. The van der Waals surface area contributed by atoms with E-state index >= 15 is 0 Å². The molecule has 0 unspecified atom stereocenters. The summed E-state index contributed by atoms with van der Waals surface area (Å²) in [5.41, 5.74) is 2.10.